The first-order valence-corrected chi connectivity index (χ1v) is 8.79. The zero-order valence-electron chi connectivity index (χ0n) is 13.6. The van der Waals surface area contributed by atoms with E-state index in [1.54, 1.807) is 0 Å². The summed E-state index contributed by atoms with van der Waals surface area (Å²) in [6, 6.07) is 12.5. The maximum atomic E-state index is 6.28. The Balaban J connectivity index is 2.02. The second-order valence-electron chi connectivity index (χ2n) is 6.35. The highest BCUT2D eigenvalue weighted by atomic mass is 35.5. The molecule has 2 aromatic rings. The lowest BCUT2D eigenvalue weighted by atomic mass is 10.0. The zero-order valence-corrected chi connectivity index (χ0v) is 15.2. The van der Waals surface area contributed by atoms with Crippen molar-refractivity contribution in [3.8, 4) is 0 Å². The zero-order chi connectivity index (χ0) is 16.4. The van der Waals surface area contributed by atoms with Gasteiger partial charge in [-0.25, -0.2) is 0 Å². The van der Waals surface area contributed by atoms with Crippen molar-refractivity contribution in [1.82, 2.24) is 4.90 Å². The average Bonchev–Trinajstić information content (AvgIpc) is 2.64. The number of hydrogen-bond acceptors (Lipinski definition) is 2. The molecule has 0 saturated heterocycles. The van der Waals surface area contributed by atoms with Gasteiger partial charge in [0.2, 0.25) is 0 Å². The summed E-state index contributed by atoms with van der Waals surface area (Å²) < 4.78 is 0. The van der Waals surface area contributed by atoms with Crippen molar-refractivity contribution in [3.05, 3.63) is 57.6 Å². The molecular formula is C19H22Cl2N2. The summed E-state index contributed by atoms with van der Waals surface area (Å²) in [6.07, 6.45) is 3.15. The Bertz CT molecular complexity index is 644. The molecule has 1 aliphatic heterocycles. The van der Waals surface area contributed by atoms with Gasteiger partial charge in [0.05, 0.1) is 0 Å². The van der Waals surface area contributed by atoms with E-state index in [0.29, 0.717) is 0 Å². The van der Waals surface area contributed by atoms with Crippen LogP contribution in [0.5, 0.6) is 0 Å². The van der Waals surface area contributed by atoms with E-state index in [1.807, 2.05) is 12.1 Å². The third-order valence-corrected chi connectivity index (χ3v) is 4.80. The van der Waals surface area contributed by atoms with Gasteiger partial charge in [0.25, 0.3) is 0 Å². The normalized spacial score (nSPS) is 13.7. The van der Waals surface area contributed by atoms with E-state index in [4.69, 9.17) is 23.2 Å². The minimum Gasteiger partial charge on any atom is -0.341 e. The van der Waals surface area contributed by atoms with Crippen molar-refractivity contribution in [2.75, 3.05) is 32.1 Å². The number of halogens is 2. The standard InChI is InChI=1S/C19H22Cl2N2/c1-22(2)10-3-11-23-18-12-16(20)8-6-14(18)4-5-15-7-9-17(21)13-19(15)23/h6-9,12-13H,3-5,10-11H2,1-2H3. The molecule has 3 rings (SSSR count). The fourth-order valence-corrected chi connectivity index (χ4v) is 3.52. The summed E-state index contributed by atoms with van der Waals surface area (Å²) in [5.74, 6) is 0. The summed E-state index contributed by atoms with van der Waals surface area (Å²) in [5.41, 5.74) is 5.15. The highest BCUT2D eigenvalue weighted by molar-refractivity contribution is 6.31. The maximum Gasteiger partial charge on any atom is 0.0458 e. The van der Waals surface area contributed by atoms with Crippen LogP contribution >= 0.6 is 23.2 Å². The number of benzene rings is 2. The minimum absolute atomic E-state index is 0.784. The number of hydrogen-bond donors (Lipinski definition) is 0. The van der Waals surface area contributed by atoms with Gasteiger partial charge in [-0.1, -0.05) is 35.3 Å². The molecule has 2 nitrogen and oxygen atoms in total. The quantitative estimate of drug-likeness (QED) is 0.750. The summed E-state index contributed by atoms with van der Waals surface area (Å²) >= 11 is 12.6. The first-order valence-electron chi connectivity index (χ1n) is 8.04. The van der Waals surface area contributed by atoms with Gasteiger partial charge in [0, 0.05) is 28.0 Å². The Morgan fingerprint density at radius 1 is 0.913 bits per heavy atom. The second-order valence-corrected chi connectivity index (χ2v) is 7.23. The molecule has 1 aliphatic rings. The van der Waals surface area contributed by atoms with E-state index in [2.05, 4.69) is 48.2 Å². The lowest BCUT2D eigenvalue weighted by molar-refractivity contribution is 0.402. The van der Waals surface area contributed by atoms with Gasteiger partial charge in [-0.2, -0.15) is 0 Å². The van der Waals surface area contributed by atoms with Gasteiger partial charge in [0.15, 0.2) is 0 Å². The predicted octanol–water partition coefficient (Wildman–Crippen LogP) is 5.18. The Morgan fingerprint density at radius 3 is 1.91 bits per heavy atom. The van der Waals surface area contributed by atoms with Crippen molar-refractivity contribution < 1.29 is 0 Å². The van der Waals surface area contributed by atoms with Gasteiger partial charge >= 0.3 is 0 Å². The lowest BCUT2D eigenvalue weighted by Gasteiger charge is -2.28. The van der Waals surface area contributed by atoms with E-state index >= 15 is 0 Å². The van der Waals surface area contributed by atoms with Gasteiger partial charge in [-0.15, -0.1) is 0 Å². The first kappa shape index (κ1) is 16.6. The Kier molecular flexibility index (Phi) is 5.15. The molecule has 0 radical (unpaired) electrons. The Labute approximate surface area is 148 Å². The molecule has 23 heavy (non-hydrogen) atoms. The van der Waals surface area contributed by atoms with Crippen LogP contribution in [0.2, 0.25) is 10.0 Å². The average molecular weight is 349 g/mol. The predicted molar refractivity (Wildman–Crippen MR) is 100 cm³/mol. The molecule has 0 fully saturated rings. The van der Waals surface area contributed by atoms with Gasteiger partial charge in [0.1, 0.15) is 0 Å². The SMILES string of the molecule is CN(C)CCCN1c2cc(Cl)ccc2CCc2ccc(Cl)cc21. The number of rotatable bonds is 4. The summed E-state index contributed by atoms with van der Waals surface area (Å²) in [4.78, 5) is 4.61. The van der Waals surface area contributed by atoms with E-state index in [-0.39, 0.29) is 0 Å². The molecule has 0 atom stereocenters. The Hall–Kier alpha value is -1.22. The fraction of sp³-hybridized carbons (Fsp3) is 0.368. The molecule has 0 aromatic heterocycles. The van der Waals surface area contributed by atoms with Crippen molar-refractivity contribution >= 4 is 34.6 Å². The molecule has 0 bridgehead atoms. The highest BCUT2D eigenvalue weighted by Gasteiger charge is 2.21. The molecule has 4 heteroatoms. The van der Waals surface area contributed by atoms with Crippen LogP contribution in [0.25, 0.3) is 0 Å². The molecule has 0 amide bonds. The molecule has 1 heterocycles. The fourth-order valence-electron chi connectivity index (χ4n) is 3.18. The van der Waals surface area contributed by atoms with Crippen molar-refractivity contribution in [2.24, 2.45) is 0 Å². The van der Waals surface area contributed by atoms with Crippen LogP contribution in [0.3, 0.4) is 0 Å². The molecule has 122 valence electrons. The molecule has 0 spiro atoms. The van der Waals surface area contributed by atoms with E-state index in [0.717, 1.165) is 42.4 Å². The minimum atomic E-state index is 0.784. The summed E-state index contributed by atoms with van der Waals surface area (Å²) in [5, 5.41) is 1.57. The smallest absolute Gasteiger partial charge is 0.0458 e. The van der Waals surface area contributed by atoms with Crippen molar-refractivity contribution in [1.29, 1.82) is 0 Å². The number of anilines is 2. The summed E-state index contributed by atoms with van der Waals surface area (Å²) in [7, 11) is 4.22. The molecule has 0 N–H and O–H groups in total. The topological polar surface area (TPSA) is 6.48 Å². The number of fused-ring (bicyclic) bond motifs is 2. The third kappa shape index (κ3) is 3.82. The van der Waals surface area contributed by atoms with Crippen LogP contribution in [-0.2, 0) is 12.8 Å². The van der Waals surface area contributed by atoms with Crippen LogP contribution in [0.4, 0.5) is 11.4 Å². The van der Waals surface area contributed by atoms with Gasteiger partial charge in [-0.05, 0) is 75.3 Å². The van der Waals surface area contributed by atoms with Crippen molar-refractivity contribution in [2.45, 2.75) is 19.3 Å². The van der Waals surface area contributed by atoms with Gasteiger partial charge in [-0.3, -0.25) is 0 Å². The summed E-state index contributed by atoms with van der Waals surface area (Å²) in [6.45, 7) is 2.02. The lowest BCUT2D eigenvalue weighted by Crippen LogP contribution is -2.24. The molecular weight excluding hydrogens is 327 g/mol. The number of aryl methyl sites for hydroxylation is 2. The molecule has 2 aromatic carbocycles. The van der Waals surface area contributed by atoms with Crippen LogP contribution in [0.1, 0.15) is 17.5 Å². The second kappa shape index (κ2) is 7.12. The number of nitrogens with zero attached hydrogens (tertiary/aromatic N) is 2. The largest absolute Gasteiger partial charge is 0.341 e. The van der Waals surface area contributed by atoms with Crippen LogP contribution in [0.15, 0.2) is 36.4 Å². The van der Waals surface area contributed by atoms with E-state index in [9.17, 15) is 0 Å². The molecule has 0 aliphatic carbocycles. The van der Waals surface area contributed by atoms with Crippen LogP contribution in [0, 0.1) is 0 Å². The van der Waals surface area contributed by atoms with Gasteiger partial charge < -0.3 is 9.80 Å². The first-order chi connectivity index (χ1) is 11.0. The highest BCUT2D eigenvalue weighted by Crippen LogP contribution is 2.38. The van der Waals surface area contributed by atoms with Crippen LogP contribution in [-0.4, -0.2) is 32.1 Å². The molecule has 0 saturated carbocycles. The maximum absolute atomic E-state index is 6.28. The third-order valence-electron chi connectivity index (χ3n) is 4.33. The monoisotopic (exact) mass is 348 g/mol. The van der Waals surface area contributed by atoms with E-state index in [1.165, 1.54) is 22.5 Å². The van der Waals surface area contributed by atoms with E-state index < -0.39 is 0 Å². The van der Waals surface area contributed by atoms with Crippen molar-refractivity contribution in [3.63, 3.8) is 0 Å². The van der Waals surface area contributed by atoms with Crippen LogP contribution < -0.4 is 4.90 Å². The Morgan fingerprint density at radius 2 is 1.43 bits per heavy atom. The molecule has 0 unspecified atom stereocenters.